The van der Waals surface area contributed by atoms with Gasteiger partial charge < -0.3 is 9.88 Å². The van der Waals surface area contributed by atoms with Crippen LogP contribution >= 0.6 is 0 Å². The minimum atomic E-state index is 0.335. The molecule has 1 atom stereocenters. The molecule has 1 aromatic rings. The van der Waals surface area contributed by atoms with Crippen LogP contribution in [0.3, 0.4) is 0 Å². The van der Waals surface area contributed by atoms with Crippen LogP contribution in [-0.4, -0.2) is 20.8 Å². The Labute approximate surface area is 96.5 Å². The Morgan fingerprint density at radius 1 is 1.50 bits per heavy atom. The number of nitrogens with one attached hydrogen (secondary N) is 1. The van der Waals surface area contributed by atoms with Gasteiger partial charge in [0.15, 0.2) is 0 Å². The largest absolute Gasteiger partial charge is 0.314 e. The summed E-state index contributed by atoms with van der Waals surface area (Å²) in [5.74, 6) is 4.83. The van der Waals surface area contributed by atoms with Gasteiger partial charge in [0.2, 0.25) is 0 Å². The molecular weight excluding hydrogens is 200 g/mol. The fraction of sp³-hybridized carbons (Fsp3) is 0.667. The van der Waals surface area contributed by atoms with E-state index in [0.717, 1.165) is 37.6 Å². The minimum Gasteiger partial charge on any atom is -0.314 e. The first kappa shape index (κ1) is 11.2. The van der Waals surface area contributed by atoms with Gasteiger partial charge >= 0.3 is 0 Å². The molecule has 1 N–H and O–H groups in total. The molecule has 0 saturated carbocycles. The second kappa shape index (κ2) is 5.13. The number of hydrogen-bond acceptors (Lipinski definition) is 3. The zero-order chi connectivity index (χ0) is 11.4. The van der Waals surface area contributed by atoms with Gasteiger partial charge in [-0.05, 0) is 19.8 Å². The molecule has 4 heteroatoms. The van der Waals surface area contributed by atoms with Crippen LogP contribution in [0.4, 0.5) is 0 Å². The Morgan fingerprint density at radius 2 is 2.38 bits per heavy atom. The van der Waals surface area contributed by atoms with Crippen LogP contribution in [0, 0.1) is 12.3 Å². The highest BCUT2D eigenvalue weighted by Gasteiger charge is 2.15. The van der Waals surface area contributed by atoms with Crippen LogP contribution < -0.4 is 5.32 Å². The molecular formula is C12H18N4. The SMILES string of the molecule is C#CCC(C)NCc1nnc2n1CCCC2. The average molecular weight is 218 g/mol. The van der Waals surface area contributed by atoms with Crippen molar-refractivity contribution in [3.05, 3.63) is 11.6 Å². The Kier molecular flexibility index (Phi) is 3.58. The fourth-order valence-electron chi connectivity index (χ4n) is 2.01. The van der Waals surface area contributed by atoms with E-state index in [1.54, 1.807) is 0 Å². The number of hydrogen-bond donors (Lipinski definition) is 1. The van der Waals surface area contributed by atoms with Gasteiger partial charge in [-0.3, -0.25) is 0 Å². The summed E-state index contributed by atoms with van der Waals surface area (Å²) in [6, 6.07) is 0.335. The molecule has 0 spiro atoms. The van der Waals surface area contributed by atoms with Gasteiger partial charge in [0.25, 0.3) is 0 Å². The van der Waals surface area contributed by atoms with Crippen LogP contribution in [0.1, 0.15) is 37.8 Å². The molecule has 86 valence electrons. The molecule has 2 rings (SSSR count). The summed E-state index contributed by atoms with van der Waals surface area (Å²) in [5, 5.41) is 11.8. The van der Waals surface area contributed by atoms with Crippen LogP contribution in [0.2, 0.25) is 0 Å². The van der Waals surface area contributed by atoms with Gasteiger partial charge in [-0.1, -0.05) is 0 Å². The second-order valence-corrected chi connectivity index (χ2v) is 4.33. The summed E-state index contributed by atoms with van der Waals surface area (Å²) in [4.78, 5) is 0. The normalized spacial score (nSPS) is 16.5. The molecule has 0 aliphatic carbocycles. The lowest BCUT2D eigenvalue weighted by Gasteiger charge is -2.16. The number of nitrogens with zero attached hydrogens (tertiary/aromatic N) is 3. The van der Waals surface area contributed by atoms with E-state index in [1.807, 2.05) is 0 Å². The highest BCUT2D eigenvalue weighted by molar-refractivity contribution is 4.99. The summed E-state index contributed by atoms with van der Waals surface area (Å²) in [5.41, 5.74) is 0. The molecule has 0 saturated heterocycles. The molecule has 1 unspecified atom stereocenters. The second-order valence-electron chi connectivity index (χ2n) is 4.33. The molecule has 1 aliphatic heterocycles. The maximum Gasteiger partial charge on any atom is 0.147 e. The number of fused-ring (bicyclic) bond motifs is 1. The lowest BCUT2D eigenvalue weighted by molar-refractivity contribution is 0.481. The number of rotatable bonds is 4. The van der Waals surface area contributed by atoms with Gasteiger partial charge in [0.1, 0.15) is 11.6 Å². The minimum absolute atomic E-state index is 0.335. The van der Waals surface area contributed by atoms with Gasteiger partial charge in [-0.25, -0.2) is 0 Å². The molecule has 0 fully saturated rings. The average Bonchev–Trinajstić information content (AvgIpc) is 2.70. The molecule has 4 nitrogen and oxygen atoms in total. The number of aromatic nitrogens is 3. The van der Waals surface area contributed by atoms with Gasteiger partial charge in [0, 0.05) is 25.4 Å². The Morgan fingerprint density at radius 3 is 3.19 bits per heavy atom. The maximum atomic E-state index is 5.27. The zero-order valence-corrected chi connectivity index (χ0v) is 9.74. The van der Waals surface area contributed by atoms with E-state index in [2.05, 4.69) is 32.9 Å². The van der Waals surface area contributed by atoms with E-state index >= 15 is 0 Å². The van der Waals surface area contributed by atoms with Crippen molar-refractivity contribution in [2.24, 2.45) is 0 Å². The molecule has 16 heavy (non-hydrogen) atoms. The van der Waals surface area contributed by atoms with E-state index in [0.29, 0.717) is 6.04 Å². The highest BCUT2D eigenvalue weighted by Crippen LogP contribution is 2.14. The van der Waals surface area contributed by atoms with E-state index in [1.165, 1.54) is 12.8 Å². The third-order valence-corrected chi connectivity index (χ3v) is 2.97. The summed E-state index contributed by atoms with van der Waals surface area (Å²) >= 11 is 0. The standard InChI is InChI=1S/C12H18N4/c1-3-6-10(2)13-9-12-15-14-11-7-4-5-8-16(11)12/h1,10,13H,4-9H2,2H3. The first-order chi connectivity index (χ1) is 7.81. The van der Waals surface area contributed by atoms with Crippen molar-refractivity contribution in [3.63, 3.8) is 0 Å². The number of aryl methyl sites for hydroxylation is 1. The van der Waals surface area contributed by atoms with Crippen LogP contribution in [0.15, 0.2) is 0 Å². The van der Waals surface area contributed by atoms with Crippen LogP contribution in [-0.2, 0) is 19.5 Å². The monoisotopic (exact) mass is 218 g/mol. The number of terminal acetylenes is 1. The van der Waals surface area contributed by atoms with Crippen molar-refractivity contribution in [1.82, 2.24) is 20.1 Å². The van der Waals surface area contributed by atoms with Crippen molar-refractivity contribution < 1.29 is 0 Å². The molecule has 0 amide bonds. The zero-order valence-electron chi connectivity index (χ0n) is 9.74. The van der Waals surface area contributed by atoms with Crippen molar-refractivity contribution in [1.29, 1.82) is 0 Å². The fourth-order valence-corrected chi connectivity index (χ4v) is 2.01. The highest BCUT2D eigenvalue weighted by atomic mass is 15.3. The van der Waals surface area contributed by atoms with Crippen molar-refractivity contribution in [2.45, 2.75) is 51.7 Å². The van der Waals surface area contributed by atoms with Gasteiger partial charge in [-0.15, -0.1) is 22.5 Å². The smallest absolute Gasteiger partial charge is 0.147 e. The predicted molar refractivity (Wildman–Crippen MR) is 62.7 cm³/mol. The first-order valence-electron chi connectivity index (χ1n) is 5.89. The van der Waals surface area contributed by atoms with Gasteiger partial charge in [0.05, 0.1) is 6.54 Å². The Bertz CT molecular complexity index is 388. The third-order valence-electron chi connectivity index (χ3n) is 2.97. The summed E-state index contributed by atoms with van der Waals surface area (Å²) in [6.45, 7) is 3.91. The quantitative estimate of drug-likeness (QED) is 0.770. The topological polar surface area (TPSA) is 42.7 Å². The van der Waals surface area contributed by atoms with Crippen molar-refractivity contribution in [3.8, 4) is 12.3 Å². The summed E-state index contributed by atoms with van der Waals surface area (Å²) < 4.78 is 2.24. The molecule has 0 radical (unpaired) electrons. The van der Waals surface area contributed by atoms with Gasteiger partial charge in [-0.2, -0.15) is 0 Å². The lowest BCUT2D eigenvalue weighted by atomic mass is 10.1. The van der Waals surface area contributed by atoms with E-state index in [-0.39, 0.29) is 0 Å². The molecule has 0 aromatic carbocycles. The Hall–Kier alpha value is -1.34. The van der Waals surface area contributed by atoms with Crippen molar-refractivity contribution in [2.75, 3.05) is 0 Å². The third kappa shape index (κ3) is 2.42. The first-order valence-corrected chi connectivity index (χ1v) is 5.89. The molecule has 1 aromatic heterocycles. The Balaban J connectivity index is 1.95. The maximum absolute atomic E-state index is 5.27. The lowest BCUT2D eigenvalue weighted by Crippen LogP contribution is -2.27. The van der Waals surface area contributed by atoms with Crippen LogP contribution in [0.25, 0.3) is 0 Å². The van der Waals surface area contributed by atoms with Crippen molar-refractivity contribution >= 4 is 0 Å². The summed E-state index contributed by atoms with van der Waals surface area (Å²) in [6.07, 6.45) is 9.55. The van der Waals surface area contributed by atoms with E-state index in [9.17, 15) is 0 Å². The summed E-state index contributed by atoms with van der Waals surface area (Å²) in [7, 11) is 0. The molecule has 1 aliphatic rings. The molecule has 0 bridgehead atoms. The van der Waals surface area contributed by atoms with E-state index < -0.39 is 0 Å². The van der Waals surface area contributed by atoms with Crippen LogP contribution in [0.5, 0.6) is 0 Å². The molecule has 2 heterocycles. The van der Waals surface area contributed by atoms with E-state index in [4.69, 9.17) is 6.42 Å². The predicted octanol–water partition coefficient (Wildman–Crippen LogP) is 1.12.